The first-order valence-corrected chi connectivity index (χ1v) is 14.4. The van der Waals surface area contributed by atoms with Gasteiger partial charge in [-0.15, -0.1) is 5.10 Å². The molecule has 5 rings (SSSR count). The lowest BCUT2D eigenvalue weighted by Gasteiger charge is -2.18. The Labute approximate surface area is 268 Å². The summed E-state index contributed by atoms with van der Waals surface area (Å²) in [5.74, 6) is -0.910. The van der Waals surface area contributed by atoms with Crippen molar-refractivity contribution in [1.82, 2.24) is 35.7 Å². The van der Waals surface area contributed by atoms with Crippen molar-refractivity contribution in [1.29, 1.82) is 0 Å². The van der Waals surface area contributed by atoms with E-state index in [0.29, 0.717) is 34.1 Å². The van der Waals surface area contributed by atoms with Crippen LogP contribution in [0.25, 0.3) is 22.9 Å². The van der Waals surface area contributed by atoms with Crippen molar-refractivity contribution in [3.05, 3.63) is 119 Å². The van der Waals surface area contributed by atoms with Crippen LogP contribution in [0, 0.1) is 0 Å². The fourth-order valence-corrected chi connectivity index (χ4v) is 4.64. The van der Waals surface area contributed by atoms with Gasteiger partial charge in [0.15, 0.2) is 0 Å². The van der Waals surface area contributed by atoms with Crippen molar-refractivity contribution < 1.29 is 19.1 Å². The van der Waals surface area contributed by atoms with E-state index in [4.69, 9.17) is 22.1 Å². The van der Waals surface area contributed by atoms with Crippen molar-refractivity contribution in [2.24, 2.45) is 5.73 Å². The molecule has 0 fully saturated rings. The summed E-state index contributed by atoms with van der Waals surface area (Å²) in [5, 5.41) is 26.0. The third kappa shape index (κ3) is 8.80. The molecule has 5 aromatic rings. The molecule has 0 aliphatic carbocycles. The highest BCUT2D eigenvalue weighted by Crippen LogP contribution is 2.25. The Kier molecular flexibility index (Phi) is 10.4. The molecule has 0 aliphatic heterocycles. The van der Waals surface area contributed by atoms with Crippen LogP contribution in [-0.2, 0) is 20.7 Å². The molecule has 46 heavy (non-hydrogen) atoms. The van der Waals surface area contributed by atoms with Gasteiger partial charge in [0.05, 0.1) is 30.0 Å². The summed E-state index contributed by atoms with van der Waals surface area (Å²) in [4.78, 5) is 36.0. The Morgan fingerprint density at radius 1 is 0.978 bits per heavy atom. The second-order valence-electron chi connectivity index (χ2n) is 9.97. The quantitative estimate of drug-likeness (QED) is 0.168. The predicted octanol–water partition coefficient (Wildman–Crippen LogP) is 4.31. The molecule has 2 aromatic heterocycles. The van der Waals surface area contributed by atoms with Gasteiger partial charge in [0, 0.05) is 27.9 Å². The Morgan fingerprint density at radius 3 is 2.52 bits per heavy atom. The Bertz CT molecular complexity index is 1830. The molecule has 13 nitrogen and oxygen atoms in total. The fraction of sp³-hybridized carbons (Fsp3) is 0.125. The second-order valence-corrected chi connectivity index (χ2v) is 10.4. The minimum atomic E-state index is -0.697. The average molecular weight is 638 g/mol. The first kappa shape index (κ1) is 31.5. The summed E-state index contributed by atoms with van der Waals surface area (Å²) in [6.45, 7) is -0.108. The monoisotopic (exact) mass is 637 g/mol. The number of hydrogen-bond donors (Lipinski definition) is 3. The van der Waals surface area contributed by atoms with Gasteiger partial charge in [-0.25, -0.2) is 4.79 Å². The van der Waals surface area contributed by atoms with Crippen LogP contribution in [0.3, 0.4) is 0 Å². The molecule has 0 saturated carbocycles. The molecule has 1 atom stereocenters. The number of benzene rings is 3. The van der Waals surface area contributed by atoms with Crippen LogP contribution in [0.15, 0.2) is 97.5 Å². The number of tetrazole rings is 1. The lowest BCUT2D eigenvalue weighted by atomic mass is 10.00. The van der Waals surface area contributed by atoms with Gasteiger partial charge in [-0.3, -0.25) is 14.9 Å². The smallest absolute Gasteiger partial charge is 0.411 e. The molecule has 4 N–H and O–H groups in total. The topological polar surface area (TPSA) is 180 Å². The molecule has 0 bridgehead atoms. The average Bonchev–Trinajstić information content (AvgIpc) is 3.59. The van der Waals surface area contributed by atoms with Crippen molar-refractivity contribution in [2.45, 2.75) is 18.9 Å². The number of nitrogens with two attached hydrogens (primary N) is 1. The third-order valence-corrected chi connectivity index (χ3v) is 6.91. The fourth-order valence-electron chi connectivity index (χ4n) is 4.46. The number of carbonyl (C=O) groups excluding carboxylic acids is 3. The maximum atomic E-state index is 13.3. The van der Waals surface area contributed by atoms with Crippen molar-refractivity contribution in [3.63, 3.8) is 0 Å². The molecule has 14 heteroatoms. The number of halogens is 1. The van der Waals surface area contributed by atoms with Crippen LogP contribution >= 0.6 is 11.6 Å². The third-order valence-electron chi connectivity index (χ3n) is 6.68. The number of carbonyl (C=O) groups is 3. The van der Waals surface area contributed by atoms with Gasteiger partial charge < -0.3 is 15.8 Å². The number of anilines is 1. The highest BCUT2D eigenvalue weighted by Gasteiger charge is 2.18. The number of rotatable bonds is 12. The summed E-state index contributed by atoms with van der Waals surface area (Å²) in [6.07, 6.45) is 5.84. The summed E-state index contributed by atoms with van der Waals surface area (Å²) < 4.78 is 6.42. The maximum absolute atomic E-state index is 13.3. The molecular weight excluding hydrogens is 610 g/mol. The molecule has 3 amide bonds. The van der Waals surface area contributed by atoms with Crippen LogP contribution in [0.4, 0.5) is 10.5 Å². The zero-order valence-electron chi connectivity index (χ0n) is 24.3. The first-order chi connectivity index (χ1) is 22.3. The van der Waals surface area contributed by atoms with E-state index >= 15 is 0 Å². The summed E-state index contributed by atoms with van der Waals surface area (Å²) in [7, 11) is 0. The largest absolute Gasteiger partial charge is 0.449 e. The molecule has 232 valence electrons. The van der Waals surface area contributed by atoms with Crippen molar-refractivity contribution >= 4 is 41.3 Å². The standard InChI is InChI=1S/C32H28ClN9O4/c33-25-9-12-29(42-20-36-40-41-42)23(17-25)8-13-31(44)38-27(16-21-4-2-1-3-5-21)28-18-24(19-35-39-28)22-6-10-26(11-7-22)37-32(45)46-15-14-30(34)43/h1-13,17-20,27H,14-16H2,(H2,34,43)(H,37,45)(H,38,44)/t27-/m0/s1. The van der Waals surface area contributed by atoms with Gasteiger partial charge in [0.25, 0.3) is 0 Å². The van der Waals surface area contributed by atoms with Gasteiger partial charge in [0.1, 0.15) is 12.9 Å². The summed E-state index contributed by atoms with van der Waals surface area (Å²) >= 11 is 6.22. The molecular formula is C32H28ClN9O4. The number of aromatic nitrogens is 6. The highest BCUT2D eigenvalue weighted by molar-refractivity contribution is 6.30. The Balaban J connectivity index is 1.33. The molecule has 0 spiro atoms. The SMILES string of the molecule is NC(=O)CCOC(=O)Nc1ccc(-c2cnnc([C@H](Cc3ccccc3)NC(=O)C=Cc3cc(Cl)ccc3-n3cnnn3)c2)cc1. The summed E-state index contributed by atoms with van der Waals surface area (Å²) in [5.41, 5.74) is 9.98. The van der Waals surface area contributed by atoms with E-state index in [-0.39, 0.29) is 18.9 Å². The highest BCUT2D eigenvalue weighted by atomic mass is 35.5. The first-order valence-electron chi connectivity index (χ1n) is 14.0. The van der Waals surface area contributed by atoms with Gasteiger partial charge in [0.2, 0.25) is 11.8 Å². The predicted molar refractivity (Wildman–Crippen MR) is 170 cm³/mol. The lowest BCUT2D eigenvalue weighted by molar-refractivity contribution is -0.119. The van der Waals surface area contributed by atoms with Crippen molar-refractivity contribution in [3.8, 4) is 16.8 Å². The summed E-state index contributed by atoms with van der Waals surface area (Å²) in [6, 6.07) is 23.3. The van der Waals surface area contributed by atoms with E-state index in [1.54, 1.807) is 54.7 Å². The van der Waals surface area contributed by atoms with E-state index in [1.165, 1.54) is 17.1 Å². The number of ether oxygens (including phenoxy) is 1. The normalized spacial score (nSPS) is 11.6. The van der Waals surface area contributed by atoms with Crippen LogP contribution in [0.2, 0.25) is 5.02 Å². The number of primary amides is 1. The van der Waals surface area contributed by atoms with Gasteiger partial charge in [-0.1, -0.05) is 54.1 Å². The zero-order chi connectivity index (χ0) is 32.3. The number of amides is 3. The van der Waals surface area contributed by atoms with E-state index in [1.807, 2.05) is 36.4 Å². The van der Waals surface area contributed by atoms with Gasteiger partial charge >= 0.3 is 6.09 Å². The minimum Gasteiger partial charge on any atom is -0.449 e. The number of nitrogens with zero attached hydrogens (tertiary/aromatic N) is 6. The zero-order valence-corrected chi connectivity index (χ0v) is 25.0. The molecule has 0 saturated heterocycles. The van der Waals surface area contributed by atoms with Crippen LogP contribution in [0.1, 0.15) is 29.3 Å². The van der Waals surface area contributed by atoms with Gasteiger partial charge in [-0.2, -0.15) is 14.9 Å². The maximum Gasteiger partial charge on any atom is 0.411 e. The number of hydrogen-bond acceptors (Lipinski definition) is 9. The lowest BCUT2D eigenvalue weighted by Crippen LogP contribution is -2.29. The molecule has 3 aromatic carbocycles. The van der Waals surface area contributed by atoms with Crippen LogP contribution < -0.4 is 16.4 Å². The van der Waals surface area contributed by atoms with Crippen LogP contribution in [0.5, 0.6) is 0 Å². The minimum absolute atomic E-state index is 0.0590. The Morgan fingerprint density at radius 2 is 1.78 bits per heavy atom. The molecule has 0 radical (unpaired) electrons. The number of nitrogens with one attached hydrogen (secondary N) is 2. The van der Waals surface area contributed by atoms with E-state index in [2.05, 4.69) is 36.4 Å². The molecule has 0 unspecified atom stereocenters. The molecule has 0 aliphatic rings. The molecule has 2 heterocycles. The Hall–Kier alpha value is -5.95. The van der Waals surface area contributed by atoms with Crippen LogP contribution in [-0.4, -0.2) is 54.9 Å². The second kappa shape index (κ2) is 15.2. The van der Waals surface area contributed by atoms with E-state index in [9.17, 15) is 14.4 Å². The van der Waals surface area contributed by atoms with Gasteiger partial charge in [-0.05, 0) is 70.4 Å². The van der Waals surface area contributed by atoms with E-state index in [0.717, 1.165) is 16.7 Å². The van der Waals surface area contributed by atoms with E-state index < -0.39 is 18.0 Å². The van der Waals surface area contributed by atoms with Crippen molar-refractivity contribution in [2.75, 3.05) is 11.9 Å².